The molecule has 0 saturated heterocycles. The number of fused-ring (bicyclic) bond motifs is 1. The Morgan fingerprint density at radius 1 is 1.42 bits per heavy atom. The maximum atomic E-state index is 6.30. The van der Waals surface area contributed by atoms with Crippen molar-refractivity contribution in [3.8, 4) is 5.75 Å². The van der Waals surface area contributed by atoms with Gasteiger partial charge in [-0.1, -0.05) is 6.92 Å². The minimum absolute atomic E-state index is 0.0747. The fourth-order valence-electron chi connectivity index (χ4n) is 2.95. The monoisotopic (exact) mass is 278 g/mol. The number of benzene rings is 1. The van der Waals surface area contributed by atoms with Crippen LogP contribution in [0.4, 0.5) is 0 Å². The molecular formula is C15H19ClN2O. The van der Waals surface area contributed by atoms with Crippen LogP contribution in [0.3, 0.4) is 0 Å². The molecule has 0 radical (unpaired) electrons. The predicted octanol–water partition coefficient (Wildman–Crippen LogP) is 4.32. The number of hydrogen-bond acceptors (Lipinski definition) is 2. The molecule has 19 heavy (non-hydrogen) atoms. The first-order valence-electron chi connectivity index (χ1n) is 6.80. The summed E-state index contributed by atoms with van der Waals surface area (Å²) in [5.74, 6) is 2.64. The molecule has 1 unspecified atom stereocenters. The van der Waals surface area contributed by atoms with Gasteiger partial charge in [-0.2, -0.15) is 0 Å². The van der Waals surface area contributed by atoms with Crippen molar-refractivity contribution >= 4 is 22.6 Å². The lowest BCUT2D eigenvalue weighted by Gasteiger charge is -2.35. The molecule has 0 N–H and O–H groups in total. The molecule has 1 aromatic carbocycles. The zero-order valence-electron chi connectivity index (χ0n) is 11.6. The predicted molar refractivity (Wildman–Crippen MR) is 78.0 cm³/mol. The van der Waals surface area contributed by atoms with Crippen LogP contribution < -0.4 is 4.74 Å². The van der Waals surface area contributed by atoms with Crippen LogP contribution >= 0.6 is 11.6 Å². The second-order valence-electron chi connectivity index (χ2n) is 5.54. The number of nitrogens with zero attached hydrogens (tertiary/aromatic N) is 2. The molecule has 1 aliphatic carbocycles. The van der Waals surface area contributed by atoms with Gasteiger partial charge < -0.3 is 9.30 Å². The number of rotatable bonds is 3. The molecule has 0 amide bonds. The minimum atomic E-state index is -0.0747. The lowest BCUT2D eigenvalue weighted by atomic mass is 9.81. The number of aromatic nitrogens is 2. The van der Waals surface area contributed by atoms with Gasteiger partial charge in [0.05, 0.1) is 23.5 Å². The van der Waals surface area contributed by atoms with E-state index in [1.54, 1.807) is 7.11 Å². The van der Waals surface area contributed by atoms with Gasteiger partial charge in [0.1, 0.15) is 11.6 Å². The summed E-state index contributed by atoms with van der Waals surface area (Å²) in [6.07, 6.45) is 2.42. The SMILES string of the molecule is COc1ccc2nc(C(C)Cl)n(C3CC(C)C3)c2c1. The van der Waals surface area contributed by atoms with Crippen LogP contribution in [-0.4, -0.2) is 16.7 Å². The Labute approximate surface area is 118 Å². The molecule has 3 nitrogen and oxygen atoms in total. The number of methoxy groups -OCH3 is 1. The molecule has 1 saturated carbocycles. The third-order valence-corrected chi connectivity index (χ3v) is 4.19. The van der Waals surface area contributed by atoms with E-state index in [-0.39, 0.29) is 5.38 Å². The molecule has 1 heterocycles. The molecule has 1 atom stereocenters. The summed E-state index contributed by atoms with van der Waals surface area (Å²) >= 11 is 6.30. The number of imidazole rings is 1. The van der Waals surface area contributed by atoms with Crippen LogP contribution in [0.1, 0.15) is 43.9 Å². The van der Waals surface area contributed by atoms with Crippen LogP contribution in [0, 0.1) is 5.92 Å². The lowest BCUT2D eigenvalue weighted by molar-refractivity contribution is 0.216. The Hall–Kier alpha value is -1.22. The molecule has 1 aliphatic rings. The molecule has 0 bridgehead atoms. The van der Waals surface area contributed by atoms with Gasteiger partial charge in [-0.15, -0.1) is 11.6 Å². The summed E-state index contributed by atoms with van der Waals surface area (Å²) in [5, 5.41) is -0.0747. The van der Waals surface area contributed by atoms with Crippen molar-refractivity contribution in [3.05, 3.63) is 24.0 Å². The first-order chi connectivity index (χ1) is 9.10. The number of ether oxygens (including phenoxy) is 1. The fourth-order valence-corrected chi connectivity index (χ4v) is 3.11. The summed E-state index contributed by atoms with van der Waals surface area (Å²) in [7, 11) is 1.69. The highest BCUT2D eigenvalue weighted by atomic mass is 35.5. The van der Waals surface area contributed by atoms with E-state index in [4.69, 9.17) is 21.3 Å². The first-order valence-corrected chi connectivity index (χ1v) is 7.23. The Balaban J connectivity index is 2.15. The van der Waals surface area contributed by atoms with Crippen LogP contribution in [0.25, 0.3) is 11.0 Å². The van der Waals surface area contributed by atoms with Crippen molar-refractivity contribution in [2.45, 2.75) is 38.1 Å². The van der Waals surface area contributed by atoms with E-state index in [0.29, 0.717) is 6.04 Å². The number of halogens is 1. The standard InChI is InChI=1S/C15H19ClN2O/c1-9-6-11(7-9)18-14-8-12(19-3)4-5-13(14)17-15(18)10(2)16/h4-5,8-11H,6-7H2,1-3H3. The Bertz CT molecular complexity index is 599. The van der Waals surface area contributed by atoms with E-state index in [2.05, 4.69) is 17.6 Å². The van der Waals surface area contributed by atoms with Gasteiger partial charge >= 0.3 is 0 Å². The quantitative estimate of drug-likeness (QED) is 0.782. The molecule has 4 heteroatoms. The molecule has 2 aromatic rings. The van der Waals surface area contributed by atoms with Gasteiger partial charge in [0.2, 0.25) is 0 Å². The lowest BCUT2D eigenvalue weighted by Crippen LogP contribution is -2.26. The highest BCUT2D eigenvalue weighted by Gasteiger charge is 2.31. The number of hydrogen-bond donors (Lipinski definition) is 0. The zero-order chi connectivity index (χ0) is 13.6. The van der Waals surface area contributed by atoms with E-state index in [9.17, 15) is 0 Å². The van der Waals surface area contributed by atoms with Gasteiger partial charge in [0.15, 0.2) is 0 Å². The molecule has 102 valence electrons. The van der Waals surface area contributed by atoms with Crippen molar-refractivity contribution in [2.75, 3.05) is 7.11 Å². The Kier molecular flexibility index (Phi) is 3.17. The van der Waals surface area contributed by atoms with Crippen molar-refractivity contribution < 1.29 is 4.74 Å². The Morgan fingerprint density at radius 3 is 2.74 bits per heavy atom. The third kappa shape index (κ3) is 2.10. The van der Waals surface area contributed by atoms with E-state index in [1.807, 2.05) is 19.1 Å². The normalized spacial score (nSPS) is 24.2. The summed E-state index contributed by atoms with van der Waals surface area (Å²) in [6.45, 7) is 4.28. The van der Waals surface area contributed by atoms with Crippen LogP contribution in [0.15, 0.2) is 18.2 Å². The van der Waals surface area contributed by atoms with Crippen molar-refractivity contribution in [3.63, 3.8) is 0 Å². The van der Waals surface area contributed by atoms with Crippen LogP contribution in [-0.2, 0) is 0 Å². The van der Waals surface area contributed by atoms with Gasteiger partial charge in [-0.25, -0.2) is 4.98 Å². The van der Waals surface area contributed by atoms with Gasteiger partial charge in [-0.05, 0) is 37.8 Å². The summed E-state index contributed by atoms with van der Waals surface area (Å²) in [4.78, 5) is 4.69. The second-order valence-corrected chi connectivity index (χ2v) is 6.20. The van der Waals surface area contributed by atoms with Crippen LogP contribution in [0.5, 0.6) is 5.75 Å². The molecule has 1 aromatic heterocycles. The highest BCUT2D eigenvalue weighted by Crippen LogP contribution is 2.42. The average molecular weight is 279 g/mol. The van der Waals surface area contributed by atoms with Gasteiger partial charge in [-0.3, -0.25) is 0 Å². The maximum absolute atomic E-state index is 6.30. The molecular weight excluding hydrogens is 260 g/mol. The summed E-state index contributed by atoms with van der Waals surface area (Å²) in [5.41, 5.74) is 2.14. The summed E-state index contributed by atoms with van der Waals surface area (Å²) in [6, 6.07) is 6.55. The van der Waals surface area contributed by atoms with Gasteiger partial charge in [0.25, 0.3) is 0 Å². The van der Waals surface area contributed by atoms with E-state index in [0.717, 1.165) is 28.5 Å². The highest BCUT2D eigenvalue weighted by molar-refractivity contribution is 6.20. The molecule has 0 aliphatic heterocycles. The van der Waals surface area contributed by atoms with Crippen molar-refractivity contribution in [1.82, 2.24) is 9.55 Å². The zero-order valence-corrected chi connectivity index (χ0v) is 12.3. The number of alkyl halides is 1. The van der Waals surface area contributed by atoms with Crippen LogP contribution in [0.2, 0.25) is 0 Å². The molecule has 0 spiro atoms. The average Bonchev–Trinajstić information content (AvgIpc) is 2.73. The van der Waals surface area contributed by atoms with E-state index in [1.165, 1.54) is 12.8 Å². The summed E-state index contributed by atoms with van der Waals surface area (Å²) < 4.78 is 7.64. The second kappa shape index (κ2) is 4.71. The first kappa shape index (κ1) is 12.8. The smallest absolute Gasteiger partial charge is 0.127 e. The van der Waals surface area contributed by atoms with E-state index >= 15 is 0 Å². The largest absolute Gasteiger partial charge is 0.497 e. The third-order valence-electron chi connectivity index (χ3n) is 3.99. The van der Waals surface area contributed by atoms with Gasteiger partial charge in [0, 0.05) is 12.1 Å². The Morgan fingerprint density at radius 2 is 2.16 bits per heavy atom. The maximum Gasteiger partial charge on any atom is 0.127 e. The minimum Gasteiger partial charge on any atom is -0.497 e. The molecule has 1 fully saturated rings. The van der Waals surface area contributed by atoms with Crippen molar-refractivity contribution in [1.29, 1.82) is 0 Å². The topological polar surface area (TPSA) is 27.1 Å². The van der Waals surface area contributed by atoms with Crippen molar-refractivity contribution in [2.24, 2.45) is 5.92 Å². The fraction of sp³-hybridized carbons (Fsp3) is 0.533. The van der Waals surface area contributed by atoms with E-state index < -0.39 is 0 Å². The molecule has 3 rings (SSSR count).